The fraction of sp³-hybridized carbons (Fsp3) is 0.300. The minimum absolute atomic E-state index is 0.162. The molecule has 3 rings (SSSR count). The van der Waals surface area contributed by atoms with E-state index < -0.39 is 0 Å². The van der Waals surface area contributed by atoms with Gasteiger partial charge in [0.25, 0.3) is 0 Å². The van der Waals surface area contributed by atoms with E-state index in [2.05, 4.69) is 48.1 Å². The lowest BCUT2D eigenvalue weighted by Gasteiger charge is -2.08. The number of rotatable bonds is 6. The molecule has 0 spiro atoms. The van der Waals surface area contributed by atoms with E-state index in [1.165, 1.54) is 10.4 Å². The molecule has 0 aliphatic rings. The van der Waals surface area contributed by atoms with E-state index in [0.717, 1.165) is 29.9 Å². The number of nitrogens with zero attached hydrogens (tertiary/aromatic N) is 2. The number of hydrogen-bond acceptors (Lipinski definition) is 2. The lowest BCUT2D eigenvalue weighted by Crippen LogP contribution is -2.37. The van der Waals surface area contributed by atoms with E-state index in [1.807, 2.05) is 30.0 Å². The van der Waals surface area contributed by atoms with Crippen LogP contribution in [-0.2, 0) is 19.5 Å². The second kappa shape index (κ2) is 7.14. The first-order chi connectivity index (χ1) is 11.6. The highest BCUT2D eigenvalue weighted by Gasteiger charge is 2.19. The Kier molecular flexibility index (Phi) is 4.95. The quantitative estimate of drug-likeness (QED) is 0.493. The Morgan fingerprint density at radius 2 is 1.96 bits per heavy atom. The summed E-state index contributed by atoms with van der Waals surface area (Å²) in [6.45, 7) is 7.46. The molecule has 3 heterocycles. The van der Waals surface area contributed by atoms with Gasteiger partial charge in [-0.15, -0.1) is 11.3 Å². The molecule has 0 bridgehead atoms. The van der Waals surface area contributed by atoms with Gasteiger partial charge in [0.15, 0.2) is 12.4 Å². The Morgan fingerprint density at radius 1 is 1.21 bits per heavy atom. The van der Waals surface area contributed by atoms with E-state index in [4.69, 9.17) is 0 Å². The first-order valence-electron chi connectivity index (χ1n) is 8.28. The van der Waals surface area contributed by atoms with Gasteiger partial charge in [0.05, 0.1) is 6.54 Å². The third-order valence-electron chi connectivity index (χ3n) is 4.46. The molecule has 24 heavy (non-hydrogen) atoms. The van der Waals surface area contributed by atoms with Gasteiger partial charge in [-0.2, -0.15) is 4.57 Å². The molecule has 0 N–H and O–H groups in total. The summed E-state index contributed by atoms with van der Waals surface area (Å²) in [6, 6.07) is 10.4. The van der Waals surface area contributed by atoms with Crippen molar-refractivity contribution in [3.63, 3.8) is 0 Å². The Labute approximate surface area is 147 Å². The van der Waals surface area contributed by atoms with Crippen LogP contribution in [0.1, 0.15) is 39.1 Å². The zero-order valence-corrected chi connectivity index (χ0v) is 15.3. The minimum Gasteiger partial charge on any atom is -0.343 e. The molecule has 0 saturated heterocycles. The Morgan fingerprint density at radius 3 is 2.58 bits per heavy atom. The van der Waals surface area contributed by atoms with Crippen LogP contribution in [0.2, 0.25) is 0 Å². The van der Waals surface area contributed by atoms with E-state index in [9.17, 15) is 4.79 Å². The van der Waals surface area contributed by atoms with Gasteiger partial charge in [0.2, 0.25) is 12.3 Å². The molecular formula is C20H23N2OS+. The summed E-state index contributed by atoms with van der Waals surface area (Å²) < 4.78 is 4.18. The summed E-state index contributed by atoms with van der Waals surface area (Å²) in [6.07, 6.45) is 4.99. The summed E-state index contributed by atoms with van der Waals surface area (Å²) in [7, 11) is 0. The van der Waals surface area contributed by atoms with Crippen molar-refractivity contribution in [1.82, 2.24) is 4.57 Å². The van der Waals surface area contributed by atoms with Gasteiger partial charge >= 0.3 is 0 Å². The maximum Gasteiger partial charge on any atom is 0.229 e. The number of aryl methyl sites for hydroxylation is 2. The maximum atomic E-state index is 12.7. The number of hydrogen-bond donors (Lipinski definition) is 0. The van der Waals surface area contributed by atoms with Crippen molar-refractivity contribution in [2.75, 3.05) is 0 Å². The number of Topliss-reactive ketones (excluding diaryl/α,β-unsaturated/α-hetero) is 1. The van der Waals surface area contributed by atoms with Gasteiger partial charge in [0.1, 0.15) is 0 Å². The van der Waals surface area contributed by atoms with E-state index in [0.29, 0.717) is 6.54 Å². The first-order valence-corrected chi connectivity index (χ1v) is 9.16. The molecule has 0 radical (unpaired) electrons. The molecule has 124 valence electrons. The summed E-state index contributed by atoms with van der Waals surface area (Å²) in [4.78, 5) is 14.0. The van der Waals surface area contributed by atoms with Gasteiger partial charge in [0, 0.05) is 34.0 Å². The highest BCUT2D eigenvalue weighted by atomic mass is 32.1. The van der Waals surface area contributed by atoms with Crippen molar-refractivity contribution >= 4 is 17.1 Å². The molecule has 0 fully saturated rings. The molecule has 0 unspecified atom stereocenters. The van der Waals surface area contributed by atoms with E-state index in [1.54, 1.807) is 11.3 Å². The fourth-order valence-electron chi connectivity index (χ4n) is 2.97. The Balaban J connectivity index is 1.79. The molecule has 4 heteroatoms. The third kappa shape index (κ3) is 3.49. The van der Waals surface area contributed by atoms with Crippen LogP contribution in [0.3, 0.4) is 0 Å². The van der Waals surface area contributed by atoms with Crippen molar-refractivity contribution in [1.29, 1.82) is 0 Å². The molecule has 0 saturated carbocycles. The minimum atomic E-state index is 0.162. The van der Waals surface area contributed by atoms with Gasteiger partial charge in [-0.3, -0.25) is 4.79 Å². The van der Waals surface area contributed by atoms with E-state index in [-0.39, 0.29) is 5.78 Å². The summed E-state index contributed by atoms with van der Waals surface area (Å²) >= 11 is 1.75. The van der Waals surface area contributed by atoms with E-state index >= 15 is 0 Å². The van der Waals surface area contributed by atoms with Crippen molar-refractivity contribution in [3.8, 4) is 0 Å². The van der Waals surface area contributed by atoms with Crippen LogP contribution in [0.4, 0.5) is 0 Å². The Bertz CT molecular complexity index is 829. The number of aromatic nitrogens is 2. The predicted molar refractivity (Wildman–Crippen MR) is 97.7 cm³/mol. The molecular weight excluding hydrogens is 316 g/mol. The third-order valence-corrected chi connectivity index (χ3v) is 5.32. The SMILES string of the molecule is CCc1cc[n+](CC(=O)c2cc(C)n(Cc3cccs3)c2C)cc1. The van der Waals surface area contributed by atoms with Crippen LogP contribution >= 0.6 is 11.3 Å². The fourth-order valence-corrected chi connectivity index (χ4v) is 3.66. The smallest absolute Gasteiger partial charge is 0.229 e. The molecule has 0 amide bonds. The normalized spacial score (nSPS) is 11.0. The second-order valence-electron chi connectivity index (χ2n) is 6.11. The average Bonchev–Trinajstić information content (AvgIpc) is 3.19. The topological polar surface area (TPSA) is 25.9 Å². The summed E-state index contributed by atoms with van der Waals surface area (Å²) in [5, 5.41) is 2.09. The van der Waals surface area contributed by atoms with Gasteiger partial charge < -0.3 is 4.57 Å². The van der Waals surface area contributed by atoms with Crippen molar-refractivity contribution in [3.05, 3.63) is 75.5 Å². The largest absolute Gasteiger partial charge is 0.343 e. The number of ketones is 1. The van der Waals surface area contributed by atoms with Gasteiger partial charge in [-0.1, -0.05) is 13.0 Å². The molecule has 3 nitrogen and oxygen atoms in total. The molecule has 0 aromatic carbocycles. The van der Waals surface area contributed by atoms with Crippen LogP contribution in [-0.4, -0.2) is 10.4 Å². The Hall–Kier alpha value is -2.20. The summed E-state index contributed by atoms with van der Waals surface area (Å²) in [5.41, 5.74) is 4.30. The number of carbonyl (C=O) groups excluding carboxylic acids is 1. The van der Waals surface area contributed by atoms with Crippen LogP contribution < -0.4 is 4.57 Å². The molecule has 0 atom stereocenters. The zero-order valence-electron chi connectivity index (χ0n) is 14.5. The second-order valence-corrected chi connectivity index (χ2v) is 7.14. The zero-order chi connectivity index (χ0) is 17.1. The van der Waals surface area contributed by atoms with Crippen LogP contribution in [0.25, 0.3) is 0 Å². The van der Waals surface area contributed by atoms with Crippen LogP contribution in [0.15, 0.2) is 48.1 Å². The molecule has 0 aliphatic heterocycles. The lowest BCUT2D eigenvalue weighted by atomic mass is 10.1. The van der Waals surface area contributed by atoms with Crippen LogP contribution in [0, 0.1) is 13.8 Å². The van der Waals surface area contributed by atoms with Crippen LogP contribution in [0.5, 0.6) is 0 Å². The molecule has 3 aromatic heterocycles. The van der Waals surface area contributed by atoms with Crippen molar-refractivity contribution in [2.45, 2.75) is 40.3 Å². The van der Waals surface area contributed by atoms with Crippen molar-refractivity contribution in [2.24, 2.45) is 0 Å². The first kappa shape index (κ1) is 16.7. The molecule has 3 aromatic rings. The lowest BCUT2D eigenvalue weighted by molar-refractivity contribution is -0.683. The standard InChI is InChI=1S/C20H23N2OS/c1-4-17-7-9-21(10-8-17)14-20(23)19-12-15(2)22(16(19)3)13-18-6-5-11-24-18/h5-12H,4,13-14H2,1-3H3/q+1. The average molecular weight is 339 g/mol. The monoisotopic (exact) mass is 339 g/mol. The highest BCUT2D eigenvalue weighted by molar-refractivity contribution is 7.09. The molecule has 0 aliphatic carbocycles. The number of pyridine rings is 1. The maximum absolute atomic E-state index is 12.7. The summed E-state index contributed by atoms with van der Waals surface area (Å²) in [5.74, 6) is 0.162. The van der Waals surface area contributed by atoms with Gasteiger partial charge in [-0.05, 0) is 43.3 Å². The predicted octanol–water partition coefficient (Wildman–Crippen LogP) is 3.95. The van der Waals surface area contributed by atoms with Crippen molar-refractivity contribution < 1.29 is 9.36 Å². The van der Waals surface area contributed by atoms with Gasteiger partial charge in [-0.25, -0.2) is 0 Å². The number of thiophene rings is 1. The highest BCUT2D eigenvalue weighted by Crippen LogP contribution is 2.19. The number of carbonyl (C=O) groups is 1.